The number of anilines is 1. The van der Waals surface area contributed by atoms with Gasteiger partial charge in [0.1, 0.15) is 0 Å². The third kappa shape index (κ3) is 3.49. The van der Waals surface area contributed by atoms with Crippen molar-refractivity contribution < 1.29 is 13.3 Å². The number of sulfonamides is 1. The molecule has 21 heavy (non-hydrogen) atoms. The maximum absolute atomic E-state index is 12.3. The van der Waals surface area contributed by atoms with Gasteiger partial charge in [-0.25, -0.2) is 13.1 Å². The normalized spacial score (nSPS) is 19.8. The fourth-order valence-electron chi connectivity index (χ4n) is 2.42. The summed E-state index contributed by atoms with van der Waals surface area (Å²) in [7, 11) is -2.04. The SMILES string of the molecule is CN1CCCC1CNS(=O)(=O)c1cc(N)ccc1[N+](=O)[O-]. The molecule has 0 aliphatic carbocycles. The van der Waals surface area contributed by atoms with E-state index >= 15 is 0 Å². The Hall–Kier alpha value is -1.71. The number of hydrogen-bond acceptors (Lipinski definition) is 6. The van der Waals surface area contributed by atoms with Crippen molar-refractivity contribution in [3.63, 3.8) is 0 Å². The highest BCUT2D eigenvalue weighted by Gasteiger charge is 2.28. The smallest absolute Gasteiger partial charge is 0.289 e. The van der Waals surface area contributed by atoms with E-state index in [9.17, 15) is 18.5 Å². The zero-order valence-electron chi connectivity index (χ0n) is 11.7. The first kappa shape index (κ1) is 15.7. The molecule has 3 N–H and O–H groups in total. The minimum absolute atomic E-state index is 0.111. The molecule has 0 saturated carbocycles. The van der Waals surface area contributed by atoms with Crippen molar-refractivity contribution in [2.24, 2.45) is 0 Å². The molecule has 1 aliphatic heterocycles. The van der Waals surface area contributed by atoms with Crippen LogP contribution in [0.2, 0.25) is 0 Å². The number of hydrogen-bond donors (Lipinski definition) is 2. The molecule has 9 heteroatoms. The van der Waals surface area contributed by atoms with Gasteiger partial charge in [0.15, 0.2) is 4.90 Å². The Balaban J connectivity index is 2.23. The maximum atomic E-state index is 12.3. The molecule has 1 aliphatic rings. The second kappa shape index (κ2) is 5.96. The van der Waals surface area contributed by atoms with Crippen molar-refractivity contribution in [1.29, 1.82) is 0 Å². The Morgan fingerprint density at radius 2 is 2.24 bits per heavy atom. The number of nitro benzene ring substituents is 1. The number of nitro groups is 1. The molecule has 1 aromatic rings. The highest BCUT2D eigenvalue weighted by Crippen LogP contribution is 2.26. The molecule has 1 heterocycles. The van der Waals surface area contributed by atoms with Crippen LogP contribution in [0.3, 0.4) is 0 Å². The fourth-order valence-corrected chi connectivity index (χ4v) is 3.69. The lowest BCUT2D eigenvalue weighted by molar-refractivity contribution is -0.387. The molecule has 1 aromatic carbocycles. The molecule has 0 aromatic heterocycles. The Morgan fingerprint density at radius 3 is 2.81 bits per heavy atom. The van der Waals surface area contributed by atoms with Gasteiger partial charge in [0.25, 0.3) is 5.69 Å². The monoisotopic (exact) mass is 314 g/mol. The lowest BCUT2D eigenvalue weighted by Gasteiger charge is -2.19. The lowest BCUT2D eigenvalue weighted by atomic mass is 10.2. The first-order valence-corrected chi connectivity index (χ1v) is 8.03. The summed E-state index contributed by atoms with van der Waals surface area (Å²) < 4.78 is 27.0. The topological polar surface area (TPSA) is 119 Å². The summed E-state index contributed by atoms with van der Waals surface area (Å²) in [6.45, 7) is 1.15. The van der Waals surface area contributed by atoms with E-state index in [0.29, 0.717) is 0 Å². The number of likely N-dealkylation sites (N-methyl/N-ethyl adjacent to an activating group) is 1. The van der Waals surface area contributed by atoms with Gasteiger partial charge in [0, 0.05) is 24.3 Å². The van der Waals surface area contributed by atoms with Crippen LogP contribution in [0.15, 0.2) is 23.1 Å². The largest absolute Gasteiger partial charge is 0.399 e. The van der Waals surface area contributed by atoms with Crippen LogP contribution >= 0.6 is 0 Å². The van der Waals surface area contributed by atoms with Crippen molar-refractivity contribution >= 4 is 21.4 Å². The summed E-state index contributed by atoms with van der Waals surface area (Å²) in [6, 6.07) is 3.63. The molecule has 1 unspecified atom stereocenters. The number of nitrogens with one attached hydrogen (secondary N) is 1. The average Bonchev–Trinajstić information content (AvgIpc) is 2.81. The van der Waals surface area contributed by atoms with Gasteiger partial charge < -0.3 is 10.6 Å². The van der Waals surface area contributed by atoms with Gasteiger partial charge in [0.2, 0.25) is 10.0 Å². The van der Waals surface area contributed by atoms with E-state index in [1.165, 1.54) is 6.07 Å². The van der Waals surface area contributed by atoms with Crippen molar-refractivity contribution in [2.45, 2.75) is 23.8 Å². The van der Waals surface area contributed by atoms with Gasteiger partial charge in [-0.05, 0) is 38.6 Å². The first-order chi connectivity index (χ1) is 9.81. The van der Waals surface area contributed by atoms with Crippen LogP contribution in [-0.4, -0.2) is 44.4 Å². The van der Waals surface area contributed by atoms with Crippen LogP contribution in [0.1, 0.15) is 12.8 Å². The van der Waals surface area contributed by atoms with Gasteiger partial charge >= 0.3 is 0 Å². The quantitative estimate of drug-likeness (QED) is 0.465. The van der Waals surface area contributed by atoms with E-state index in [0.717, 1.165) is 31.5 Å². The van der Waals surface area contributed by atoms with Crippen LogP contribution in [0.4, 0.5) is 11.4 Å². The molecule has 0 bridgehead atoms. The van der Waals surface area contributed by atoms with E-state index < -0.39 is 25.5 Å². The number of benzene rings is 1. The predicted molar refractivity (Wildman–Crippen MR) is 78.3 cm³/mol. The highest BCUT2D eigenvalue weighted by molar-refractivity contribution is 7.89. The Bertz CT molecular complexity index is 647. The number of nitrogens with two attached hydrogens (primary N) is 1. The number of likely N-dealkylation sites (tertiary alicyclic amines) is 1. The maximum Gasteiger partial charge on any atom is 0.289 e. The lowest BCUT2D eigenvalue weighted by Crippen LogP contribution is -2.38. The Labute approximate surface area is 123 Å². The van der Waals surface area contributed by atoms with Crippen LogP contribution in [-0.2, 0) is 10.0 Å². The molecule has 8 nitrogen and oxygen atoms in total. The molecule has 1 saturated heterocycles. The van der Waals surface area contributed by atoms with E-state index in [-0.39, 0.29) is 18.3 Å². The molecule has 1 atom stereocenters. The van der Waals surface area contributed by atoms with E-state index in [2.05, 4.69) is 9.62 Å². The third-order valence-electron chi connectivity index (χ3n) is 3.65. The molecule has 0 spiro atoms. The summed E-state index contributed by atoms with van der Waals surface area (Å²) in [5.74, 6) is 0. The summed E-state index contributed by atoms with van der Waals surface area (Å²) in [5, 5.41) is 11.0. The van der Waals surface area contributed by atoms with Crippen molar-refractivity contribution in [3.8, 4) is 0 Å². The first-order valence-electron chi connectivity index (χ1n) is 6.55. The number of nitrogens with zero attached hydrogens (tertiary/aromatic N) is 2. The number of nitrogen functional groups attached to an aromatic ring is 1. The van der Waals surface area contributed by atoms with Crippen LogP contribution in [0, 0.1) is 10.1 Å². The molecular formula is C12H18N4O4S. The highest BCUT2D eigenvalue weighted by atomic mass is 32.2. The summed E-state index contributed by atoms with van der Waals surface area (Å²) in [6.07, 6.45) is 1.92. The average molecular weight is 314 g/mol. The van der Waals surface area contributed by atoms with Crippen LogP contribution < -0.4 is 10.5 Å². The van der Waals surface area contributed by atoms with E-state index in [1.54, 1.807) is 0 Å². The zero-order chi connectivity index (χ0) is 15.6. The van der Waals surface area contributed by atoms with Gasteiger partial charge in [-0.2, -0.15) is 0 Å². The minimum atomic E-state index is -3.97. The van der Waals surface area contributed by atoms with E-state index in [4.69, 9.17) is 5.73 Å². The fraction of sp³-hybridized carbons (Fsp3) is 0.500. The number of rotatable bonds is 5. The van der Waals surface area contributed by atoms with Crippen molar-refractivity contribution in [1.82, 2.24) is 9.62 Å². The standard InChI is InChI=1S/C12H18N4O4S/c1-15-6-2-3-10(15)8-14-21(19,20)12-7-9(13)4-5-11(12)16(17)18/h4-5,7,10,14H,2-3,6,8,13H2,1H3. The summed E-state index contributed by atoms with van der Waals surface area (Å²) in [5.41, 5.74) is 5.23. The third-order valence-corrected chi connectivity index (χ3v) is 5.10. The van der Waals surface area contributed by atoms with Crippen LogP contribution in [0.25, 0.3) is 0 Å². The zero-order valence-corrected chi connectivity index (χ0v) is 12.5. The van der Waals surface area contributed by atoms with Crippen LogP contribution in [0.5, 0.6) is 0 Å². The predicted octanol–water partition coefficient (Wildman–Crippen LogP) is 0.550. The van der Waals surface area contributed by atoms with Gasteiger partial charge in [-0.3, -0.25) is 10.1 Å². The second-order valence-corrected chi connectivity index (χ2v) is 6.85. The molecule has 0 amide bonds. The van der Waals surface area contributed by atoms with Gasteiger partial charge in [-0.15, -0.1) is 0 Å². The van der Waals surface area contributed by atoms with E-state index in [1.807, 2.05) is 7.05 Å². The van der Waals surface area contributed by atoms with Gasteiger partial charge in [0.05, 0.1) is 4.92 Å². The summed E-state index contributed by atoms with van der Waals surface area (Å²) >= 11 is 0. The molecular weight excluding hydrogens is 296 g/mol. The Kier molecular flexibility index (Phi) is 4.45. The summed E-state index contributed by atoms with van der Waals surface area (Å²) in [4.78, 5) is 11.9. The minimum Gasteiger partial charge on any atom is -0.399 e. The van der Waals surface area contributed by atoms with Gasteiger partial charge in [-0.1, -0.05) is 0 Å². The molecule has 116 valence electrons. The van der Waals surface area contributed by atoms with Crippen molar-refractivity contribution in [2.75, 3.05) is 25.9 Å². The molecule has 2 rings (SSSR count). The molecule has 1 fully saturated rings. The van der Waals surface area contributed by atoms with Crippen molar-refractivity contribution in [3.05, 3.63) is 28.3 Å². The second-order valence-electron chi connectivity index (χ2n) is 5.11. The Morgan fingerprint density at radius 1 is 1.52 bits per heavy atom. The molecule has 0 radical (unpaired) electrons.